The summed E-state index contributed by atoms with van der Waals surface area (Å²) < 4.78 is 5.29. The van der Waals surface area contributed by atoms with E-state index in [0.29, 0.717) is 27.9 Å². The summed E-state index contributed by atoms with van der Waals surface area (Å²) in [4.78, 5) is 31.4. The zero-order chi connectivity index (χ0) is 21.6. The number of benzene rings is 2. The molecule has 2 heterocycles. The van der Waals surface area contributed by atoms with Crippen molar-refractivity contribution in [1.82, 2.24) is 0 Å². The number of anilines is 2. The fourth-order valence-corrected chi connectivity index (χ4v) is 3.72. The molecule has 0 aliphatic carbocycles. The number of nitrogens with zero attached hydrogens (tertiary/aromatic N) is 3. The van der Waals surface area contributed by atoms with Gasteiger partial charge in [0.15, 0.2) is 5.17 Å². The van der Waals surface area contributed by atoms with E-state index >= 15 is 0 Å². The van der Waals surface area contributed by atoms with Crippen LogP contribution in [0.3, 0.4) is 0 Å². The van der Waals surface area contributed by atoms with E-state index < -0.39 is 0 Å². The Morgan fingerprint density at radius 3 is 2.65 bits per heavy atom. The number of aliphatic imine (C=N–C) groups is 1. The fourth-order valence-electron chi connectivity index (χ4n) is 2.91. The molecule has 0 fully saturated rings. The molecule has 1 aliphatic heterocycles. The number of carbonyl (C=O) groups is 2. The molecule has 0 saturated carbocycles. The van der Waals surface area contributed by atoms with E-state index in [1.54, 1.807) is 54.6 Å². The summed E-state index contributed by atoms with van der Waals surface area (Å²) in [6.07, 6.45) is 3.08. The van der Waals surface area contributed by atoms with Crippen molar-refractivity contribution in [3.63, 3.8) is 0 Å². The number of thioether (sulfide) groups is 1. The van der Waals surface area contributed by atoms with Crippen LogP contribution in [0.25, 0.3) is 6.08 Å². The molecule has 1 aliphatic rings. The highest BCUT2D eigenvalue weighted by molar-refractivity contribution is 8.14. The second-order valence-corrected chi connectivity index (χ2v) is 7.35. The van der Waals surface area contributed by atoms with Gasteiger partial charge in [0.1, 0.15) is 17.5 Å². The summed E-state index contributed by atoms with van der Waals surface area (Å²) in [5.74, 6) is -0.0830. The van der Waals surface area contributed by atoms with Crippen molar-refractivity contribution >= 4 is 46.2 Å². The Bertz CT molecular complexity index is 1210. The Morgan fingerprint density at radius 1 is 1.13 bits per heavy atom. The first kappa shape index (κ1) is 20.2. The largest absolute Gasteiger partial charge is 0.465 e. The number of hydrogen-bond donors (Lipinski definition) is 1. The number of rotatable bonds is 5. The monoisotopic (exact) mass is 428 g/mol. The molecular formula is C23H16N4O3S. The molecule has 2 aromatic carbocycles. The van der Waals surface area contributed by atoms with Crippen LogP contribution >= 0.6 is 11.8 Å². The van der Waals surface area contributed by atoms with Gasteiger partial charge in [0, 0.05) is 6.08 Å². The van der Waals surface area contributed by atoms with Gasteiger partial charge in [-0.3, -0.25) is 14.5 Å². The van der Waals surface area contributed by atoms with Crippen LogP contribution in [0.2, 0.25) is 0 Å². The number of hydrogen-bond acceptors (Lipinski definition) is 6. The minimum absolute atomic E-state index is 0.0171. The second kappa shape index (κ2) is 9.15. The van der Waals surface area contributed by atoms with Gasteiger partial charge < -0.3 is 9.73 Å². The summed E-state index contributed by atoms with van der Waals surface area (Å²) in [5, 5.41) is 12.3. The van der Waals surface area contributed by atoms with Gasteiger partial charge in [-0.05, 0) is 36.4 Å². The van der Waals surface area contributed by atoms with Crippen LogP contribution in [-0.2, 0) is 9.59 Å². The third-order valence-electron chi connectivity index (χ3n) is 4.32. The maximum Gasteiger partial charge on any atom is 0.283 e. The minimum Gasteiger partial charge on any atom is -0.465 e. The molecule has 0 unspecified atom stereocenters. The summed E-state index contributed by atoms with van der Waals surface area (Å²) in [5.41, 5.74) is 1.69. The van der Waals surface area contributed by atoms with Crippen LogP contribution in [0.1, 0.15) is 11.3 Å². The van der Waals surface area contributed by atoms with Crippen molar-refractivity contribution in [1.29, 1.82) is 5.26 Å². The lowest BCUT2D eigenvalue weighted by atomic mass is 10.2. The number of amides is 2. The molecule has 0 bridgehead atoms. The van der Waals surface area contributed by atoms with Gasteiger partial charge >= 0.3 is 0 Å². The standard InChI is InChI=1S/C23H16N4O3S/c24-14-16-7-4-5-11-19(16)25-21(28)15-31-23-26-20(13-18-10-6-12-30-18)22(29)27(23)17-8-2-1-3-9-17/h1-13H,15H2,(H,25,28)/b20-13-. The molecule has 0 spiro atoms. The molecule has 0 radical (unpaired) electrons. The highest BCUT2D eigenvalue weighted by Gasteiger charge is 2.32. The Hall–Kier alpha value is -4.09. The maximum absolute atomic E-state index is 13.0. The maximum atomic E-state index is 13.0. The zero-order valence-electron chi connectivity index (χ0n) is 16.2. The first-order valence-corrected chi connectivity index (χ1v) is 10.3. The molecule has 3 aromatic rings. The number of nitrogens with one attached hydrogen (secondary N) is 1. The number of amidine groups is 1. The third kappa shape index (κ3) is 4.57. The van der Waals surface area contributed by atoms with Crippen LogP contribution in [-0.4, -0.2) is 22.7 Å². The molecule has 7 nitrogen and oxygen atoms in total. The minimum atomic E-state index is -0.306. The summed E-state index contributed by atoms with van der Waals surface area (Å²) in [7, 11) is 0. The van der Waals surface area contributed by atoms with Gasteiger partial charge in [-0.1, -0.05) is 42.1 Å². The fraction of sp³-hybridized carbons (Fsp3) is 0.0435. The van der Waals surface area contributed by atoms with Crippen LogP contribution in [0.5, 0.6) is 0 Å². The van der Waals surface area contributed by atoms with E-state index in [9.17, 15) is 14.9 Å². The van der Waals surface area contributed by atoms with Gasteiger partial charge in [-0.15, -0.1) is 0 Å². The lowest BCUT2D eigenvalue weighted by molar-refractivity contribution is -0.114. The van der Waals surface area contributed by atoms with Crippen LogP contribution in [0.4, 0.5) is 11.4 Å². The van der Waals surface area contributed by atoms with Gasteiger partial charge in [0.2, 0.25) is 5.91 Å². The molecule has 0 atom stereocenters. The predicted octanol–water partition coefficient (Wildman–Crippen LogP) is 4.27. The van der Waals surface area contributed by atoms with E-state index in [2.05, 4.69) is 10.3 Å². The van der Waals surface area contributed by atoms with Crippen molar-refractivity contribution in [3.05, 3.63) is 90.0 Å². The first-order valence-electron chi connectivity index (χ1n) is 9.31. The summed E-state index contributed by atoms with van der Waals surface area (Å²) >= 11 is 1.14. The van der Waals surface area contributed by atoms with Crippen molar-refractivity contribution in [2.24, 2.45) is 4.99 Å². The molecule has 0 saturated heterocycles. The van der Waals surface area contributed by atoms with Crippen LogP contribution < -0.4 is 10.2 Å². The highest BCUT2D eigenvalue weighted by Crippen LogP contribution is 2.29. The van der Waals surface area contributed by atoms with Crippen molar-refractivity contribution < 1.29 is 14.0 Å². The van der Waals surface area contributed by atoms with Gasteiger partial charge in [0.05, 0.1) is 29.0 Å². The lowest BCUT2D eigenvalue weighted by Gasteiger charge is -2.17. The van der Waals surface area contributed by atoms with Crippen LogP contribution in [0.15, 0.2) is 88.1 Å². The topological polar surface area (TPSA) is 98.7 Å². The molecule has 8 heteroatoms. The molecule has 31 heavy (non-hydrogen) atoms. The molecular weight excluding hydrogens is 412 g/mol. The van der Waals surface area contributed by atoms with Crippen LogP contribution in [0, 0.1) is 11.3 Å². The smallest absolute Gasteiger partial charge is 0.283 e. The zero-order valence-corrected chi connectivity index (χ0v) is 17.0. The van der Waals surface area contributed by atoms with E-state index in [0.717, 1.165) is 11.8 Å². The Balaban J connectivity index is 1.54. The van der Waals surface area contributed by atoms with E-state index in [4.69, 9.17) is 4.42 Å². The number of nitriles is 1. The quantitative estimate of drug-likeness (QED) is 0.612. The summed E-state index contributed by atoms with van der Waals surface area (Å²) in [6, 6.07) is 21.4. The molecule has 1 aromatic heterocycles. The number of carbonyl (C=O) groups excluding carboxylic acids is 2. The molecule has 152 valence electrons. The third-order valence-corrected chi connectivity index (χ3v) is 5.26. The Morgan fingerprint density at radius 2 is 1.90 bits per heavy atom. The second-order valence-electron chi connectivity index (χ2n) is 6.41. The SMILES string of the molecule is N#Cc1ccccc1NC(=O)CSC1=N/C(=C\c2ccco2)C(=O)N1c1ccccc1. The average Bonchev–Trinajstić information content (AvgIpc) is 3.41. The lowest BCUT2D eigenvalue weighted by Crippen LogP contribution is -2.31. The average molecular weight is 428 g/mol. The molecule has 2 amide bonds. The van der Waals surface area contributed by atoms with E-state index in [1.807, 2.05) is 24.3 Å². The number of para-hydroxylation sites is 2. The number of furan rings is 1. The van der Waals surface area contributed by atoms with Crippen molar-refractivity contribution in [2.45, 2.75) is 0 Å². The summed E-state index contributed by atoms with van der Waals surface area (Å²) in [6.45, 7) is 0. The van der Waals surface area contributed by atoms with Crippen molar-refractivity contribution in [3.8, 4) is 6.07 Å². The van der Waals surface area contributed by atoms with E-state index in [1.165, 1.54) is 11.2 Å². The van der Waals surface area contributed by atoms with Gasteiger partial charge in [0.25, 0.3) is 5.91 Å². The van der Waals surface area contributed by atoms with Gasteiger partial charge in [-0.2, -0.15) is 5.26 Å². The van der Waals surface area contributed by atoms with Gasteiger partial charge in [-0.25, -0.2) is 4.99 Å². The van der Waals surface area contributed by atoms with Crippen molar-refractivity contribution in [2.75, 3.05) is 16.0 Å². The first-order chi connectivity index (χ1) is 15.2. The normalized spacial score (nSPS) is 14.4. The molecule has 4 rings (SSSR count). The predicted molar refractivity (Wildman–Crippen MR) is 120 cm³/mol. The highest BCUT2D eigenvalue weighted by atomic mass is 32.2. The molecule has 1 N–H and O–H groups in total. The Kier molecular flexibility index (Phi) is 5.96. The Labute approximate surface area is 182 Å². The van der Waals surface area contributed by atoms with E-state index in [-0.39, 0.29) is 23.3 Å².